The number of nitrogen functional groups attached to an aromatic ring is 1. The van der Waals surface area contributed by atoms with Crippen LogP contribution in [0.25, 0.3) is 0 Å². The Balaban J connectivity index is 0.000000383. The highest BCUT2D eigenvalue weighted by Crippen LogP contribution is 2.40. The molecular formula is C22H37FN5O6P. The van der Waals surface area contributed by atoms with E-state index in [0.29, 0.717) is 31.6 Å². The highest BCUT2D eigenvalue weighted by molar-refractivity contribution is 7.43. The summed E-state index contributed by atoms with van der Waals surface area (Å²) in [6.07, 6.45) is 0.741. The van der Waals surface area contributed by atoms with Crippen molar-refractivity contribution in [3.63, 3.8) is 0 Å². The molecule has 1 aliphatic heterocycles. The maximum absolute atomic E-state index is 11.8. The van der Waals surface area contributed by atoms with Crippen LogP contribution in [-0.4, -0.2) is 60.3 Å². The lowest BCUT2D eigenvalue weighted by Gasteiger charge is -2.32. The van der Waals surface area contributed by atoms with Gasteiger partial charge in [0, 0.05) is 12.1 Å². The highest BCUT2D eigenvalue weighted by Gasteiger charge is 2.31. The number of carbonyl (C=O) groups is 1. The molecule has 1 aromatic rings. The van der Waals surface area contributed by atoms with E-state index in [1.807, 2.05) is 38.4 Å². The van der Waals surface area contributed by atoms with E-state index in [9.17, 15) is 14.2 Å². The number of benzene rings is 1. The molecule has 11 nitrogen and oxygen atoms in total. The Labute approximate surface area is 207 Å². The quantitative estimate of drug-likeness (QED) is 0.0987. The van der Waals surface area contributed by atoms with Gasteiger partial charge in [-0.15, -0.1) is 0 Å². The largest absolute Gasteiger partial charge is 0.465 e. The van der Waals surface area contributed by atoms with Gasteiger partial charge in [-0.05, 0) is 57.2 Å². The summed E-state index contributed by atoms with van der Waals surface area (Å²) < 4.78 is 29.2. The van der Waals surface area contributed by atoms with Crippen molar-refractivity contribution in [3.8, 4) is 6.07 Å². The molecule has 13 heteroatoms. The van der Waals surface area contributed by atoms with Crippen LogP contribution in [0.15, 0.2) is 18.2 Å². The molecule has 3 atom stereocenters. The summed E-state index contributed by atoms with van der Waals surface area (Å²) in [6, 6.07) is 7.33. The average Bonchev–Trinajstić information content (AvgIpc) is 3.27. The van der Waals surface area contributed by atoms with Gasteiger partial charge in [-0.2, -0.15) is 10.2 Å². The van der Waals surface area contributed by atoms with Crippen LogP contribution >= 0.6 is 8.53 Å². The maximum Gasteiger partial charge on any atom is 0.340 e. The number of hydrogen-bond acceptors (Lipinski definition) is 11. The van der Waals surface area contributed by atoms with Crippen LogP contribution in [0, 0.1) is 11.3 Å². The lowest BCUT2D eigenvalue weighted by Crippen LogP contribution is -2.42. The Kier molecular flexibility index (Phi) is 14.0. The molecule has 0 amide bonds. The van der Waals surface area contributed by atoms with Gasteiger partial charge in [0.2, 0.25) is 0 Å². The number of carbonyl (C=O) groups excluding carboxylic acids is 1. The maximum atomic E-state index is 11.8. The number of ether oxygens (including phenoxy) is 2. The first-order valence-corrected chi connectivity index (χ1v) is 12.4. The molecule has 198 valence electrons. The van der Waals surface area contributed by atoms with Crippen molar-refractivity contribution < 1.29 is 33.2 Å². The SMILES string of the molecule is CC(C)N(C(C)C)P(O)OCCC#N.COC(=O)c1cccc(N(N)C2CCC(COF)O2)c1N. The van der Waals surface area contributed by atoms with Gasteiger partial charge in [-0.1, -0.05) is 6.07 Å². The second-order valence-corrected chi connectivity index (χ2v) is 9.49. The number of esters is 1. The Bertz CT molecular complexity index is 820. The number of rotatable bonds is 11. The predicted molar refractivity (Wildman–Crippen MR) is 131 cm³/mol. The fraction of sp³-hybridized carbons (Fsp3) is 0.636. The molecular weight excluding hydrogens is 480 g/mol. The molecule has 1 fully saturated rings. The third kappa shape index (κ3) is 9.46. The molecule has 3 unspecified atom stereocenters. The lowest BCUT2D eigenvalue weighted by atomic mass is 10.1. The second-order valence-electron chi connectivity index (χ2n) is 8.26. The summed E-state index contributed by atoms with van der Waals surface area (Å²) in [4.78, 5) is 24.9. The predicted octanol–water partition coefficient (Wildman–Crippen LogP) is 3.40. The van der Waals surface area contributed by atoms with E-state index in [4.69, 9.17) is 26.1 Å². The summed E-state index contributed by atoms with van der Waals surface area (Å²) in [5, 5.41) is 9.65. The van der Waals surface area contributed by atoms with Crippen LogP contribution in [0.2, 0.25) is 0 Å². The van der Waals surface area contributed by atoms with Gasteiger partial charge in [0.15, 0.2) is 0 Å². The van der Waals surface area contributed by atoms with Crippen LogP contribution in [0.1, 0.15) is 57.3 Å². The molecule has 0 aromatic heterocycles. The topological polar surface area (TPSA) is 157 Å². The number of para-hydroxylation sites is 1. The fourth-order valence-electron chi connectivity index (χ4n) is 3.54. The first-order chi connectivity index (χ1) is 16.6. The average molecular weight is 518 g/mol. The van der Waals surface area contributed by atoms with Crippen molar-refractivity contribution in [1.82, 2.24) is 4.67 Å². The van der Waals surface area contributed by atoms with Crippen LogP contribution in [0.3, 0.4) is 0 Å². The number of hydrazine groups is 1. The summed E-state index contributed by atoms with van der Waals surface area (Å²) in [7, 11) is -0.278. The number of hydrogen-bond donors (Lipinski definition) is 3. The third-order valence-electron chi connectivity index (χ3n) is 5.09. The number of methoxy groups -OCH3 is 1. The molecule has 0 spiro atoms. The van der Waals surface area contributed by atoms with E-state index < -0.39 is 20.7 Å². The monoisotopic (exact) mass is 517 g/mol. The molecule has 0 radical (unpaired) electrons. The number of nitrogens with zero attached hydrogens (tertiary/aromatic N) is 3. The minimum Gasteiger partial charge on any atom is -0.465 e. The van der Waals surface area contributed by atoms with Crippen molar-refractivity contribution in [2.45, 2.75) is 71.4 Å². The zero-order valence-electron chi connectivity index (χ0n) is 20.9. The molecule has 1 saturated heterocycles. The van der Waals surface area contributed by atoms with Crippen molar-refractivity contribution in [1.29, 1.82) is 5.26 Å². The molecule has 0 bridgehead atoms. The lowest BCUT2D eigenvalue weighted by molar-refractivity contribution is -0.163. The first kappa shape index (κ1) is 30.9. The molecule has 0 saturated carbocycles. The first-order valence-electron chi connectivity index (χ1n) is 11.3. The van der Waals surface area contributed by atoms with Crippen molar-refractivity contribution in [3.05, 3.63) is 23.8 Å². The number of nitrogens with two attached hydrogens (primary N) is 2. The van der Waals surface area contributed by atoms with Gasteiger partial charge >= 0.3 is 5.97 Å². The van der Waals surface area contributed by atoms with E-state index in [1.165, 1.54) is 12.1 Å². The van der Waals surface area contributed by atoms with Gasteiger partial charge in [0.1, 0.15) is 12.8 Å². The Morgan fingerprint density at radius 1 is 1.34 bits per heavy atom. The molecule has 1 aromatic carbocycles. The van der Waals surface area contributed by atoms with Gasteiger partial charge in [0.05, 0.1) is 49.2 Å². The van der Waals surface area contributed by atoms with Crippen molar-refractivity contribution in [2.24, 2.45) is 5.84 Å². The van der Waals surface area contributed by atoms with Crippen molar-refractivity contribution in [2.75, 3.05) is 31.1 Å². The molecule has 1 heterocycles. The summed E-state index contributed by atoms with van der Waals surface area (Å²) >= 11 is 0. The fourth-order valence-corrected chi connectivity index (χ4v) is 4.71. The Hall–Kier alpha value is -2.10. The standard InChI is InChI=1S/C13H18FN3O4.C9H19N2O2P/c1-19-13(18)9-3-2-4-10(12(9)15)17(16)11-6-5-8(21-11)7-20-14;1-8(2)11(9(3)4)14(12)13-7-5-6-10/h2-4,8,11H,5-7,15-16H2,1H3;8-9,12H,5,7H2,1-4H3. The smallest absolute Gasteiger partial charge is 0.340 e. The Morgan fingerprint density at radius 3 is 2.54 bits per heavy atom. The Morgan fingerprint density at radius 2 is 2.00 bits per heavy atom. The van der Waals surface area contributed by atoms with E-state index in [1.54, 1.807) is 18.2 Å². The molecule has 2 rings (SSSR count). The van der Waals surface area contributed by atoms with Crippen LogP contribution < -0.4 is 16.6 Å². The van der Waals surface area contributed by atoms with E-state index in [-0.39, 0.29) is 36.0 Å². The summed E-state index contributed by atoms with van der Waals surface area (Å²) in [5.41, 5.74) is 6.85. The zero-order valence-corrected chi connectivity index (χ0v) is 21.8. The number of nitriles is 1. The minimum atomic E-state index is -1.55. The second kappa shape index (κ2) is 15.8. The van der Waals surface area contributed by atoms with Gasteiger partial charge in [0.25, 0.3) is 8.53 Å². The van der Waals surface area contributed by atoms with Gasteiger partial charge in [-0.25, -0.2) is 15.3 Å². The van der Waals surface area contributed by atoms with Crippen molar-refractivity contribution >= 4 is 25.9 Å². The van der Waals surface area contributed by atoms with Crippen LogP contribution in [0.4, 0.5) is 15.9 Å². The molecule has 0 aliphatic carbocycles. The molecule has 35 heavy (non-hydrogen) atoms. The molecule has 1 aliphatic rings. The zero-order chi connectivity index (χ0) is 26.5. The van der Waals surface area contributed by atoms with Gasteiger partial charge in [-0.3, -0.25) is 5.01 Å². The number of halogens is 1. The number of anilines is 2. The van der Waals surface area contributed by atoms with E-state index >= 15 is 0 Å². The van der Waals surface area contributed by atoms with Crippen LogP contribution in [-0.2, 0) is 18.9 Å². The summed E-state index contributed by atoms with van der Waals surface area (Å²) in [6.45, 7) is 8.22. The normalized spacial score (nSPS) is 18.2. The van der Waals surface area contributed by atoms with E-state index in [0.717, 1.165) is 0 Å². The summed E-state index contributed by atoms with van der Waals surface area (Å²) in [5.74, 6) is 5.47. The third-order valence-corrected chi connectivity index (χ3v) is 6.82. The van der Waals surface area contributed by atoms with Gasteiger partial charge < -0.3 is 24.6 Å². The molecule has 5 N–H and O–H groups in total. The van der Waals surface area contributed by atoms with Crippen LogP contribution in [0.5, 0.6) is 0 Å². The van der Waals surface area contributed by atoms with E-state index in [2.05, 4.69) is 9.68 Å². The minimum absolute atomic E-state index is 0.137. The highest BCUT2D eigenvalue weighted by atomic mass is 31.2.